The third kappa shape index (κ3) is 5.08. The van der Waals surface area contributed by atoms with E-state index in [-0.39, 0.29) is 12.6 Å². The zero-order chi connectivity index (χ0) is 21.8. The number of nitrogens with zero attached hydrogens (tertiary/aromatic N) is 3. The van der Waals surface area contributed by atoms with Gasteiger partial charge < -0.3 is 9.47 Å². The molecule has 2 heterocycles. The van der Waals surface area contributed by atoms with Crippen LogP contribution in [0.1, 0.15) is 11.1 Å². The molecule has 0 bridgehead atoms. The molecule has 4 rings (SSSR count). The van der Waals surface area contributed by atoms with E-state index in [2.05, 4.69) is 19.4 Å². The summed E-state index contributed by atoms with van der Waals surface area (Å²) in [4.78, 5) is 22.0. The Labute approximate surface area is 179 Å². The van der Waals surface area contributed by atoms with Crippen molar-refractivity contribution in [1.29, 1.82) is 0 Å². The lowest BCUT2D eigenvalue weighted by Crippen LogP contribution is -2.36. The summed E-state index contributed by atoms with van der Waals surface area (Å²) in [5.41, 5.74) is 1.95. The van der Waals surface area contributed by atoms with Gasteiger partial charge in [0.05, 0.1) is 12.2 Å². The summed E-state index contributed by atoms with van der Waals surface area (Å²) in [5, 5.41) is 0. The molecule has 1 amide bonds. The number of anilines is 1. The Morgan fingerprint density at radius 2 is 1.94 bits per heavy atom. The molecule has 0 atom stereocenters. The van der Waals surface area contributed by atoms with Crippen LogP contribution in [-0.2, 0) is 23.3 Å². The minimum atomic E-state index is -3.63. The Bertz CT molecular complexity index is 1200. The number of ether oxygens (including phenoxy) is 2. The first-order valence-electron chi connectivity index (χ1n) is 9.27. The Kier molecular flexibility index (Phi) is 5.69. The molecule has 2 N–H and O–H groups in total. The zero-order valence-electron chi connectivity index (χ0n) is 16.5. The van der Waals surface area contributed by atoms with Gasteiger partial charge in [0.2, 0.25) is 0 Å². The maximum absolute atomic E-state index is 12.5. The minimum Gasteiger partial charge on any atom is -0.424 e. The molecule has 11 heteroatoms. The minimum absolute atomic E-state index is 0.194. The molecule has 1 aromatic heterocycles. The van der Waals surface area contributed by atoms with Gasteiger partial charge in [-0.2, -0.15) is 8.42 Å². The number of rotatable bonds is 7. The topological polar surface area (TPSA) is 123 Å². The van der Waals surface area contributed by atoms with E-state index < -0.39 is 16.3 Å². The number of hydrogen-bond acceptors (Lipinski definition) is 7. The van der Waals surface area contributed by atoms with E-state index in [1.807, 2.05) is 6.07 Å². The molecule has 0 radical (unpaired) electrons. The van der Waals surface area contributed by atoms with Crippen LogP contribution in [0, 0.1) is 0 Å². The predicted octanol–water partition coefficient (Wildman–Crippen LogP) is 2.66. The number of hydrogen-bond donors (Lipinski definition) is 2. The lowest BCUT2D eigenvalue weighted by atomic mass is 10.1. The van der Waals surface area contributed by atoms with Crippen molar-refractivity contribution >= 4 is 22.0 Å². The van der Waals surface area contributed by atoms with Gasteiger partial charge in [-0.1, -0.05) is 12.1 Å². The van der Waals surface area contributed by atoms with Crippen molar-refractivity contribution in [3.05, 3.63) is 72.1 Å². The predicted molar refractivity (Wildman–Crippen MR) is 112 cm³/mol. The van der Waals surface area contributed by atoms with Crippen molar-refractivity contribution in [3.63, 3.8) is 0 Å². The molecule has 31 heavy (non-hydrogen) atoms. The highest BCUT2D eigenvalue weighted by Crippen LogP contribution is 2.32. The molecular formula is C20H19N5O5S. The van der Waals surface area contributed by atoms with Gasteiger partial charge in [-0.3, -0.25) is 9.62 Å². The van der Waals surface area contributed by atoms with Crippen molar-refractivity contribution in [1.82, 2.24) is 19.6 Å². The quantitative estimate of drug-likeness (QED) is 0.578. The summed E-state index contributed by atoms with van der Waals surface area (Å²) in [6.07, 6.45) is 2.62. The van der Waals surface area contributed by atoms with Crippen LogP contribution in [-0.4, -0.2) is 36.4 Å². The van der Waals surface area contributed by atoms with E-state index in [1.165, 1.54) is 11.9 Å². The molecule has 160 valence electrons. The molecule has 0 saturated heterocycles. The highest BCUT2D eigenvalue weighted by Gasteiger charge is 2.25. The lowest BCUT2D eigenvalue weighted by Gasteiger charge is -2.28. The Morgan fingerprint density at radius 1 is 1.13 bits per heavy atom. The average Bonchev–Trinajstić information content (AvgIpc) is 2.75. The van der Waals surface area contributed by atoms with Crippen molar-refractivity contribution < 1.29 is 22.7 Å². The van der Waals surface area contributed by atoms with Crippen molar-refractivity contribution in [2.75, 3.05) is 11.8 Å². The van der Waals surface area contributed by atoms with E-state index in [0.717, 1.165) is 11.1 Å². The number of nitrogens with one attached hydrogen (secondary N) is 2. The molecule has 10 nitrogen and oxygen atoms in total. The highest BCUT2D eigenvalue weighted by atomic mass is 32.2. The van der Waals surface area contributed by atoms with Gasteiger partial charge in [0, 0.05) is 37.6 Å². The number of benzene rings is 2. The van der Waals surface area contributed by atoms with Gasteiger partial charge in [0.25, 0.3) is 10.2 Å². The molecule has 0 aliphatic carbocycles. The first-order valence-corrected chi connectivity index (χ1v) is 10.7. The zero-order valence-corrected chi connectivity index (χ0v) is 17.3. The molecule has 1 aliphatic rings. The van der Waals surface area contributed by atoms with Crippen molar-refractivity contribution in [2.45, 2.75) is 13.1 Å². The molecule has 0 unspecified atom stereocenters. The fraction of sp³-hybridized carbons (Fsp3) is 0.150. The van der Waals surface area contributed by atoms with Crippen LogP contribution in [0.25, 0.3) is 0 Å². The standard InChI is InChI=1S/C20H19N5O5S/c1-21-31(27,28)24-16-5-2-4-14(10-16)12-25-13-15-6-7-17(11-18(15)30-20(25)26)29-19-22-8-3-9-23-19/h2-11,21,24H,12-13H2,1H3. The molecule has 3 aromatic rings. The van der Waals surface area contributed by atoms with Gasteiger partial charge in [-0.25, -0.2) is 19.5 Å². The van der Waals surface area contributed by atoms with Gasteiger partial charge in [0.15, 0.2) is 0 Å². The van der Waals surface area contributed by atoms with E-state index in [1.54, 1.807) is 54.9 Å². The van der Waals surface area contributed by atoms with Crippen molar-refractivity contribution in [3.8, 4) is 17.5 Å². The Hall–Kier alpha value is -3.70. The van der Waals surface area contributed by atoms with Crippen LogP contribution in [0.2, 0.25) is 0 Å². The lowest BCUT2D eigenvalue weighted by molar-refractivity contribution is 0.135. The van der Waals surface area contributed by atoms with Gasteiger partial charge >= 0.3 is 12.1 Å². The van der Waals surface area contributed by atoms with Gasteiger partial charge in [-0.05, 0) is 35.9 Å². The SMILES string of the molecule is CNS(=O)(=O)Nc1cccc(CN2Cc3ccc(Oc4ncccn4)cc3OC2=O)c1. The molecule has 0 saturated carbocycles. The van der Waals surface area contributed by atoms with E-state index in [0.29, 0.717) is 23.7 Å². The molecule has 1 aliphatic heterocycles. The first kappa shape index (κ1) is 20.6. The molecule has 0 spiro atoms. The van der Waals surface area contributed by atoms with Crippen LogP contribution in [0.4, 0.5) is 10.5 Å². The highest BCUT2D eigenvalue weighted by molar-refractivity contribution is 7.90. The maximum Gasteiger partial charge on any atom is 0.415 e. The third-order valence-corrected chi connectivity index (χ3v) is 5.47. The van der Waals surface area contributed by atoms with Crippen LogP contribution >= 0.6 is 0 Å². The number of carbonyl (C=O) groups excluding carboxylic acids is 1. The first-order chi connectivity index (χ1) is 14.9. The molecular weight excluding hydrogens is 422 g/mol. The second-order valence-electron chi connectivity index (χ2n) is 6.64. The Morgan fingerprint density at radius 3 is 2.71 bits per heavy atom. The summed E-state index contributed by atoms with van der Waals surface area (Å²) in [6.45, 7) is 0.590. The largest absolute Gasteiger partial charge is 0.424 e. The van der Waals surface area contributed by atoms with Crippen LogP contribution in [0.15, 0.2) is 60.9 Å². The van der Waals surface area contributed by atoms with E-state index >= 15 is 0 Å². The van der Waals surface area contributed by atoms with Gasteiger partial charge in [0.1, 0.15) is 11.5 Å². The third-order valence-electron chi connectivity index (χ3n) is 4.43. The number of fused-ring (bicyclic) bond motifs is 1. The normalized spacial score (nSPS) is 13.3. The van der Waals surface area contributed by atoms with E-state index in [9.17, 15) is 13.2 Å². The van der Waals surface area contributed by atoms with Crippen LogP contribution in [0.5, 0.6) is 17.5 Å². The van der Waals surface area contributed by atoms with Crippen LogP contribution in [0.3, 0.4) is 0 Å². The summed E-state index contributed by atoms with van der Waals surface area (Å²) in [6, 6.07) is 13.9. The van der Waals surface area contributed by atoms with Crippen LogP contribution < -0.4 is 18.9 Å². The number of aromatic nitrogens is 2. The fourth-order valence-electron chi connectivity index (χ4n) is 2.98. The maximum atomic E-state index is 12.5. The average molecular weight is 441 g/mol. The van der Waals surface area contributed by atoms with Gasteiger partial charge in [-0.15, -0.1) is 0 Å². The number of amides is 1. The summed E-state index contributed by atoms with van der Waals surface area (Å²) >= 11 is 0. The summed E-state index contributed by atoms with van der Waals surface area (Å²) in [5.74, 6) is 0.862. The smallest absolute Gasteiger partial charge is 0.415 e. The van der Waals surface area contributed by atoms with Crippen molar-refractivity contribution in [2.24, 2.45) is 0 Å². The summed E-state index contributed by atoms with van der Waals surface area (Å²) in [7, 11) is -2.31. The molecule has 0 fully saturated rings. The monoisotopic (exact) mass is 441 g/mol. The number of carbonyl (C=O) groups is 1. The summed E-state index contributed by atoms with van der Waals surface area (Å²) < 4.78 is 39.0. The molecule has 2 aromatic carbocycles. The van der Waals surface area contributed by atoms with E-state index in [4.69, 9.17) is 9.47 Å². The second kappa shape index (κ2) is 8.58. The fourth-order valence-corrected chi connectivity index (χ4v) is 3.52. The second-order valence-corrected chi connectivity index (χ2v) is 8.26. The Balaban J connectivity index is 1.47.